The molecule has 3 rings (SSSR count). The molecule has 2 heterocycles. The summed E-state index contributed by atoms with van der Waals surface area (Å²) in [6.45, 7) is 3.69. The fraction of sp³-hybridized carbons (Fsp3) is 0.467. The van der Waals surface area contributed by atoms with Crippen LogP contribution in [0.25, 0.3) is 10.7 Å². The van der Waals surface area contributed by atoms with E-state index in [1.807, 2.05) is 18.2 Å². The van der Waals surface area contributed by atoms with E-state index in [1.165, 1.54) is 0 Å². The van der Waals surface area contributed by atoms with E-state index in [4.69, 9.17) is 4.74 Å². The summed E-state index contributed by atoms with van der Waals surface area (Å²) < 4.78 is 5.56. The topological polar surface area (TPSA) is 47.0 Å². The highest BCUT2D eigenvalue weighted by molar-refractivity contribution is 7.13. The first kappa shape index (κ1) is 13.7. The van der Waals surface area contributed by atoms with Crippen LogP contribution in [-0.4, -0.2) is 28.7 Å². The molecule has 1 saturated carbocycles. The molecule has 0 saturated heterocycles. The molecule has 0 atom stereocenters. The molecule has 20 heavy (non-hydrogen) atoms. The zero-order valence-corrected chi connectivity index (χ0v) is 12.4. The van der Waals surface area contributed by atoms with Gasteiger partial charge in [-0.3, -0.25) is 4.98 Å². The number of nitrogens with one attached hydrogen (secondary N) is 1. The van der Waals surface area contributed by atoms with Crippen LogP contribution >= 0.6 is 11.3 Å². The molecule has 5 heteroatoms. The summed E-state index contributed by atoms with van der Waals surface area (Å²) in [5, 5.41) is 6.63. The molecule has 0 radical (unpaired) electrons. The maximum absolute atomic E-state index is 5.56. The zero-order valence-electron chi connectivity index (χ0n) is 11.6. The van der Waals surface area contributed by atoms with Crippen molar-refractivity contribution in [3.63, 3.8) is 0 Å². The molecule has 106 valence electrons. The Bertz CT molecular complexity index is 537. The number of rotatable bonds is 6. The number of thiazole rings is 1. The molecule has 0 unspecified atom stereocenters. The largest absolute Gasteiger partial charge is 0.378 e. The summed E-state index contributed by atoms with van der Waals surface area (Å²) in [5.41, 5.74) is 2.04. The predicted molar refractivity (Wildman–Crippen MR) is 80.6 cm³/mol. The predicted octanol–water partition coefficient (Wildman–Crippen LogP) is 2.86. The van der Waals surface area contributed by atoms with Crippen molar-refractivity contribution in [1.82, 2.24) is 15.3 Å². The Morgan fingerprint density at radius 2 is 2.30 bits per heavy atom. The van der Waals surface area contributed by atoms with Crippen LogP contribution < -0.4 is 5.32 Å². The highest BCUT2D eigenvalue weighted by Crippen LogP contribution is 2.25. The lowest BCUT2D eigenvalue weighted by atomic mass is 9.89. The fourth-order valence-corrected chi connectivity index (χ4v) is 3.14. The second-order valence-corrected chi connectivity index (χ2v) is 5.84. The van der Waals surface area contributed by atoms with E-state index in [1.54, 1.807) is 17.5 Å². The Hall–Kier alpha value is -1.30. The molecule has 0 amide bonds. The highest BCUT2D eigenvalue weighted by Gasteiger charge is 2.28. The van der Waals surface area contributed by atoms with Gasteiger partial charge in [0.05, 0.1) is 17.5 Å². The first-order valence-corrected chi connectivity index (χ1v) is 7.94. The van der Waals surface area contributed by atoms with Gasteiger partial charge < -0.3 is 10.1 Å². The van der Waals surface area contributed by atoms with Gasteiger partial charge in [-0.25, -0.2) is 4.98 Å². The van der Waals surface area contributed by atoms with Crippen LogP contribution in [0.5, 0.6) is 0 Å². The van der Waals surface area contributed by atoms with Crippen molar-refractivity contribution in [2.24, 2.45) is 0 Å². The minimum Gasteiger partial charge on any atom is -0.378 e. The summed E-state index contributed by atoms with van der Waals surface area (Å²) in [7, 11) is 0. The monoisotopic (exact) mass is 289 g/mol. The summed E-state index contributed by atoms with van der Waals surface area (Å²) in [4.78, 5) is 8.95. The second kappa shape index (κ2) is 6.43. The van der Waals surface area contributed by atoms with Crippen LogP contribution in [0.1, 0.15) is 25.5 Å². The van der Waals surface area contributed by atoms with Crippen LogP contribution in [0, 0.1) is 0 Å². The Kier molecular flexibility index (Phi) is 4.40. The van der Waals surface area contributed by atoms with Gasteiger partial charge in [0.2, 0.25) is 0 Å². The van der Waals surface area contributed by atoms with Crippen molar-refractivity contribution in [2.45, 2.75) is 38.5 Å². The Labute approximate surface area is 123 Å². The number of ether oxygens (including phenoxy) is 1. The van der Waals surface area contributed by atoms with Crippen molar-refractivity contribution in [2.75, 3.05) is 6.61 Å². The van der Waals surface area contributed by atoms with Crippen molar-refractivity contribution < 1.29 is 4.74 Å². The van der Waals surface area contributed by atoms with Gasteiger partial charge in [0, 0.05) is 30.8 Å². The minimum absolute atomic E-state index is 0.456. The number of hydrogen-bond acceptors (Lipinski definition) is 5. The second-order valence-electron chi connectivity index (χ2n) is 4.99. The van der Waals surface area contributed by atoms with Crippen LogP contribution in [0.4, 0.5) is 0 Å². The summed E-state index contributed by atoms with van der Waals surface area (Å²) in [6.07, 6.45) is 4.49. The SMILES string of the molecule is CCOC1CC(NCc2csc(-c3ccccn3)n2)C1. The van der Waals surface area contributed by atoms with Crippen LogP contribution in [0.15, 0.2) is 29.8 Å². The lowest BCUT2D eigenvalue weighted by Crippen LogP contribution is -2.45. The molecule has 2 aromatic heterocycles. The normalized spacial score (nSPS) is 21.6. The molecular formula is C15H19N3OS. The maximum Gasteiger partial charge on any atom is 0.142 e. The van der Waals surface area contributed by atoms with Crippen molar-refractivity contribution in [1.29, 1.82) is 0 Å². The van der Waals surface area contributed by atoms with Gasteiger partial charge in [-0.1, -0.05) is 6.07 Å². The van der Waals surface area contributed by atoms with Gasteiger partial charge in [-0.05, 0) is 31.9 Å². The average molecular weight is 289 g/mol. The molecule has 0 aromatic carbocycles. The van der Waals surface area contributed by atoms with Crippen LogP contribution in [0.2, 0.25) is 0 Å². The van der Waals surface area contributed by atoms with E-state index in [-0.39, 0.29) is 0 Å². The van der Waals surface area contributed by atoms with Gasteiger partial charge in [0.15, 0.2) is 0 Å². The minimum atomic E-state index is 0.456. The van der Waals surface area contributed by atoms with E-state index in [0.29, 0.717) is 12.1 Å². The number of nitrogens with zero attached hydrogens (tertiary/aromatic N) is 2. The average Bonchev–Trinajstić information content (AvgIpc) is 2.91. The van der Waals surface area contributed by atoms with E-state index in [9.17, 15) is 0 Å². The van der Waals surface area contributed by atoms with Crippen LogP contribution in [0.3, 0.4) is 0 Å². The van der Waals surface area contributed by atoms with E-state index in [0.717, 1.165) is 42.4 Å². The molecule has 0 spiro atoms. The first-order chi connectivity index (χ1) is 9.85. The quantitative estimate of drug-likeness (QED) is 0.888. The van der Waals surface area contributed by atoms with E-state index < -0.39 is 0 Å². The summed E-state index contributed by atoms with van der Waals surface area (Å²) >= 11 is 1.65. The summed E-state index contributed by atoms with van der Waals surface area (Å²) in [5.74, 6) is 0. The molecule has 1 N–H and O–H groups in total. The third kappa shape index (κ3) is 3.23. The zero-order chi connectivity index (χ0) is 13.8. The Morgan fingerprint density at radius 1 is 1.40 bits per heavy atom. The molecule has 1 aliphatic carbocycles. The Balaban J connectivity index is 1.49. The highest BCUT2D eigenvalue weighted by atomic mass is 32.1. The third-order valence-corrected chi connectivity index (χ3v) is 4.42. The smallest absolute Gasteiger partial charge is 0.142 e. The van der Waals surface area contributed by atoms with Gasteiger partial charge >= 0.3 is 0 Å². The first-order valence-electron chi connectivity index (χ1n) is 7.06. The molecule has 1 aliphatic rings. The van der Waals surface area contributed by atoms with Gasteiger partial charge in [-0.15, -0.1) is 11.3 Å². The van der Waals surface area contributed by atoms with Gasteiger partial charge in [0.25, 0.3) is 0 Å². The third-order valence-electron chi connectivity index (χ3n) is 3.50. The van der Waals surface area contributed by atoms with Crippen LogP contribution in [-0.2, 0) is 11.3 Å². The molecular weight excluding hydrogens is 270 g/mol. The molecule has 0 bridgehead atoms. The Morgan fingerprint density at radius 3 is 3.05 bits per heavy atom. The van der Waals surface area contributed by atoms with Gasteiger partial charge in [-0.2, -0.15) is 0 Å². The lowest BCUT2D eigenvalue weighted by Gasteiger charge is -2.35. The van der Waals surface area contributed by atoms with Gasteiger partial charge in [0.1, 0.15) is 5.01 Å². The fourth-order valence-electron chi connectivity index (χ4n) is 2.35. The number of aromatic nitrogens is 2. The standard InChI is InChI=1S/C15H19N3OS/c1-2-19-13-7-11(8-13)17-9-12-10-20-15(18-12)14-5-3-4-6-16-14/h3-6,10-11,13,17H,2,7-9H2,1H3. The lowest BCUT2D eigenvalue weighted by molar-refractivity contribution is -0.0102. The molecule has 1 fully saturated rings. The maximum atomic E-state index is 5.56. The molecule has 4 nitrogen and oxygen atoms in total. The number of hydrogen-bond donors (Lipinski definition) is 1. The summed E-state index contributed by atoms with van der Waals surface area (Å²) in [6, 6.07) is 6.48. The molecule has 2 aromatic rings. The molecule has 0 aliphatic heterocycles. The van der Waals surface area contributed by atoms with E-state index >= 15 is 0 Å². The van der Waals surface area contributed by atoms with Crippen molar-refractivity contribution in [3.8, 4) is 10.7 Å². The van der Waals surface area contributed by atoms with E-state index in [2.05, 4.69) is 27.6 Å². The van der Waals surface area contributed by atoms with Crippen molar-refractivity contribution >= 4 is 11.3 Å². The van der Waals surface area contributed by atoms with Crippen molar-refractivity contribution in [3.05, 3.63) is 35.5 Å². The number of pyridine rings is 1.